The van der Waals surface area contributed by atoms with Crippen molar-refractivity contribution in [3.8, 4) is 0 Å². The summed E-state index contributed by atoms with van der Waals surface area (Å²) in [4.78, 5) is 24.7. The number of nitrogens with zero attached hydrogens (tertiary/aromatic N) is 1. The number of rotatable bonds is 19. The summed E-state index contributed by atoms with van der Waals surface area (Å²) in [5.41, 5.74) is -1.41. The number of hydrogen-bond donors (Lipinski definition) is 0. The number of carboxylic acid groups (broad SMARTS) is 1. The van der Waals surface area contributed by atoms with Crippen LogP contribution in [0.15, 0.2) is 0 Å². The van der Waals surface area contributed by atoms with E-state index in [0.29, 0.717) is 19.3 Å². The number of carbonyl (C=O) groups excluding carboxylic acids is 2. The van der Waals surface area contributed by atoms with Gasteiger partial charge >= 0.3 is 0 Å². The molecule has 0 aliphatic heterocycles. The van der Waals surface area contributed by atoms with Crippen LogP contribution in [0.25, 0.3) is 0 Å². The molecule has 0 aliphatic rings. The van der Waals surface area contributed by atoms with Gasteiger partial charge in [-0.25, -0.2) is 0 Å². The third kappa shape index (κ3) is 9.54. The molecule has 1 unspecified atom stereocenters. The molecule has 0 radical (unpaired) electrons. The molecule has 0 saturated heterocycles. The largest absolute Gasteiger partial charge is 0.543 e. The second kappa shape index (κ2) is 15.0. The van der Waals surface area contributed by atoms with Gasteiger partial charge in [-0.2, -0.15) is 0 Å². The van der Waals surface area contributed by atoms with Gasteiger partial charge in [-0.3, -0.25) is 4.79 Å². The first-order chi connectivity index (χ1) is 13.2. The molecule has 0 aromatic rings. The second-order valence-corrected chi connectivity index (χ2v) is 9.33. The zero-order valence-corrected chi connectivity index (χ0v) is 19.5. The van der Waals surface area contributed by atoms with Crippen molar-refractivity contribution in [2.45, 2.75) is 122 Å². The smallest absolute Gasteiger partial charge is 0.199 e. The summed E-state index contributed by atoms with van der Waals surface area (Å²) in [5.74, 6) is -1.38. The molecule has 28 heavy (non-hydrogen) atoms. The Morgan fingerprint density at radius 1 is 0.679 bits per heavy atom. The Bertz CT molecular complexity index is 428. The highest BCUT2D eigenvalue weighted by atomic mass is 16.4. The van der Waals surface area contributed by atoms with E-state index >= 15 is 0 Å². The average Bonchev–Trinajstić information content (AvgIpc) is 2.61. The number of aliphatic carboxylic acids is 1. The average molecular weight is 398 g/mol. The predicted octanol–water partition coefficient (Wildman–Crippen LogP) is 5.03. The lowest BCUT2D eigenvalue weighted by molar-refractivity contribution is -0.906. The van der Waals surface area contributed by atoms with Crippen LogP contribution in [-0.2, 0) is 9.59 Å². The van der Waals surface area contributed by atoms with Crippen LogP contribution in [0.2, 0.25) is 0 Å². The van der Waals surface area contributed by atoms with Crippen molar-refractivity contribution in [1.29, 1.82) is 0 Å². The van der Waals surface area contributed by atoms with Gasteiger partial charge in [-0.15, -0.1) is 0 Å². The van der Waals surface area contributed by atoms with Gasteiger partial charge in [-0.05, 0) is 12.8 Å². The summed E-state index contributed by atoms with van der Waals surface area (Å²) in [6.07, 6.45) is 17.7. The lowest BCUT2D eigenvalue weighted by atomic mass is 9.83. The third-order valence-electron chi connectivity index (χ3n) is 6.06. The summed E-state index contributed by atoms with van der Waals surface area (Å²) in [6.45, 7) is 4.18. The van der Waals surface area contributed by atoms with Gasteiger partial charge in [0.05, 0.1) is 21.1 Å². The van der Waals surface area contributed by atoms with Crippen molar-refractivity contribution in [2.24, 2.45) is 0 Å². The number of carbonyl (C=O) groups is 2. The number of ketones is 1. The Hall–Kier alpha value is -0.900. The van der Waals surface area contributed by atoms with E-state index in [-0.39, 0.29) is 10.3 Å². The van der Waals surface area contributed by atoms with E-state index in [2.05, 4.69) is 6.92 Å². The fraction of sp³-hybridized carbons (Fsp3) is 0.917. The molecule has 0 amide bonds. The standard InChI is InChI=1S/C24H47NO3/c1-6-8-9-10-11-12-13-14-15-16-17-18-19-20-22(26)24(21-7-2,23(27)28)25(3,4)5/h6-21H2,1-5H3. The highest BCUT2D eigenvalue weighted by Gasteiger charge is 2.50. The minimum atomic E-state index is -1.41. The lowest BCUT2D eigenvalue weighted by Crippen LogP contribution is -2.70. The SMILES string of the molecule is CCCCCCCCCCCCCCCC(=O)C(CCC)(C(=O)[O-])[N+](C)(C)C. The van der Waals surface area contributed by atoms with Crippen molar-refractivity contribution in [2.75, 3.05) is 21.1 Å². The molecule has 0 aromatic carbocycles. The summed E-state index contributed by atoms with van der Waals surface area (Å²) in [5, 5.41) is 11.9. The highest BCUT2D eigenvalue weighted by Crippen LogP contribution is 2.28. The van der Waals surface area contributed by atoms with E-state index in [1.54, 1.807) is 21.1 Å². The molecule has 0 rings (SSSR count). The molecule has 0 aliphatic carbocycles. The van der Waals surface area contributed by atoms with Crippen LogP contribution in [-0.4, -0.2) is 42.9 Å². The Labute approximate surface area is 174 Å². The number of hydrogen-bond acceptors (Lipinski definition) is 3. The van der Waals surface area contributed by atoms with Gasteiger partial charge in [0, 0.05) is 12.8 Å². The number of unbranched alkanes of at least 4 members (excludes halogenated alkanes) is 12. The Morgan fingerprint density at radius 2 is 1.07 bits per heavy atom. The van der Waals surface area contributed by atoms with Crippen LogP contribution in [0, 0.1) is 0 Å². The molecular formula is C24H47NO3. The van der Waals surface area contributed by atoms with Gasteiger partial charge < -0.3 is 14.4 Å². The normalized spacial score (nSPS) is 14.0. The predicted molar refractivity (Wildman–Crippen MR) is 116 cm³/mol. The van der Waals surface area contributed by atoms with Crippen LogP contribution >= 0.6 is 0 Å². The summed E-state index contributed by atoms with van der Waals surface area (Å²) in [6, 6.07) is 0. The maximum atomic E-state index is 12.8. The van der Waals surface area contributed by atoms with Crippen molar-refractivity contribution in [3.05, 3.63) is 0 Å². The minimum absolute atomic E-state index is 0.0977. The fourth-order valence-corrected chi connectivity index (χ4v) is 4.21. The highest BCUT2D eigenvalue weighted by molar-refractivity contribution is 6.05. The molecule has 0 aromatic heterocycles. The molecule has 0 heterocycles. The van der Waals surface area contributed by atoms with Gasteiger partial charge in [-0.1, -0.05) is 90.9 Å². The lowest BCUT2D eigenvalue weighted by Gasteiger charge is -2.45. The van der Waals surface area contributed by atoms with Crippen LogP contribution < -0.4 is 5.11 Å². The van der Waals surface area contributed by atoms with Gasteiger partial charge in [0.25, 0.3) is 0 Å². The van der Waals surface area contributed by atoms with Crippen LogP contribution in [0.3, 0.4) is 0 Å². The third-order valence-corrected chi connectivity index (χ3v) is 6.06. The van der Waals surface area contributed by atoms with Gasteiger partial charge in [0.15, 0.2) is 11.3 Å². The molecule has 0 N–H and O–H groups in total. The van der Waals surface area contributed by atoms with Crippen molar-refractivity contribution in [1.82, 2.24) is 0 Å². The quantitative estimate of drug-likeness (QED) is 0.174. The monoisotopic (exact) mass is 397 g/mol. The van der Waals surface area contributed by atoms with E-state index in [1.807, 2.05) is 6.92 Å². The van der Waals surface area contributed by atoms with E-state index in [4.69, 9.17) is 0 Å². The van der Waals surface area contributed by atoms with Gasteiger partial charge in [0.2, 0.25) is 0 Å². The Morgan fingerprint density at radius 3 is 1.39 bits per heavy atom. The first-order valence-electron chi connectivity index (χ1n) is 11.8. The molecule has 0 spiro atoms. The van der Waals surface area contributed by atoms with Crippen LogP contribution in [0.1, 0.15) is 117 Å². The molecule has 0 bridgehead atoms. The summed E-state index contributed by atoms with van der Waals surface area (Å²) >= 11 is 0. The number of likely N-dealkylation sites (N-methyl/N-ethyl adjacent to an activating group) is 1. The van der Waals surface area contributed by atoms with Crippen LogP contribution in [0.5, 0.6) is 0 Å². The number of Topliss-reactive ketones (excluding diaryl/α,β-unsaturated/α-hetero) is 1. The van der Waals surface area contributed by atoms with E-state index < -0.39 is 11.5 Å². The van der Waals surface area contributed by atoms with Gasteiger partial charge in [0.1, 0.15) is 5.97 Å². The van der Waals surface area contributed by atoms with Crippen molar-refractivity contribution < 1.29 is 19.2 Å². The van der Waals surface area contributed by atoms with Crippen LogP contribution in [0.4, 0.5) is 0 Å². The molecule has 4 heteroatoms. The maximum Gasteiger partial charge on any atom is 0.199 e. The van der Waals surface area contributed by atoms with E-state index in [9.17, 15) is 14.7 Å². The topological polar surface area (TPSA) is 57.2 Å². The van der Waals surface area contributed by atoms with Crippen molar-refractivity contribution >= 4 is 11.8 Å². The Balaban J connectivity index is 3.98. The van der Waals surface area contributed by atoms with E-state index in [1.165, 1.54) is 64.2 Å². The summed E-state index contributed by atoms with van der Waals surface area (Å²) < 4.78 is 0.0977. The Kier molecular flexibility index (Phi) is 14.5. The zero-order chi connectivity index (χ0) is 21.5. The number of carboxylic acids is 1. The molecule has 0 saturated carbocycles. The number of quaternary nitrogens is 1. The van der Waals surface area contributed by atoms with E-state index in [0.717, 1.165) is 19.3 Å². The molecule has 4 nitrogen and oxygen atoms in total. The second-order valence-electron chi connectivity index (χ2n) is 9.33. The minimum Gasteiger partial charge on any atom is -0.543 e. The molecule has 0 fully saturated rings. The summed E-state index contributed by atoms with van der Waals surface area (Å²) in [7, 11) is 5.35. The fourth-order valence-electron chi connectivity index (χ4n) is 4.21. The first-order valence-corrected chi connectivity index (χ1v) is 11.8. The zero-order valence-electron chi connectivity index (χ0n) is 19.5. The first kappa shape index (κ1) is 27.1. The maximum absolute atomic E-state index is 12.8. The molecular weight excluding hydrogens is 350 g/mol. The van der Waals surface area contributed by atoms with Crippen molar-refractivity contribution in [3.63, 3.8) is 0 Å². The molecule has 1 atom stereocenters. The molecule has 166 valence electrons.